The summed E-state index contributed by atoms with van der Waals surface area (Å²) in [7, 11) is 0. The molecular formula is C13H19ClN2O2. The molecule has 0 saturated carbocycles. The Labute approximate surface area is 112 Å². The maximum absolute atomic E-state index is 11.6. The summed E-state index contributed by atoms with van der Waals surface area (Å²) in [5.41, 5.74) is 0.656. The predicted molar refractivity (Wildman–Crippen MR) is 73.9 cm³/mol. The molecule has 3 N–H and O–H groups in total. The number of carbonyl (C=O) groups excluding carboxylic acids is 1. The van der Waals surface area contributed by atoms with E-state index in [9.17, 15) is 9.90 Å². The highest BCUT2D eigenvalue weighted by atomic mass is 35.5. The zero-order valence-electron chi connectivity index (χ0n) is 10.6. The van der Waals surface area contributed by atoms with Crippen LogP contribution in [0.2, 0.25) is 5.02 Å². The van der Waals surface area contributed by atoms with E-state index < -0.39 is 0 Å². The van der Waals surface area contributed by atoms with Crippen LogP contribution in [0.1, 0.15) is 20.3 Å². The Bertz CT molecular complexity index is 396. The van der Waals surface area contributed by atoms with Gasteiger partial charge in [-0.25, -0.2) is 4.79 Å². The maximum atomic E-state index is 11.6. The van der Waals surface area contributed by atoms with Gasteiger partial charge in [-0.05, 0) is 37.5 Å². The summed E-state index contributed by atoms with van der Waals surface area (Å²) in [6.07, 6.45) is 0.315. The molecule has 0 heterocycles. The van der Waals surface area contributed by atoms with Gasteiger partial charge in [0, 0.05) is 17.3 Å². The number of urea groups is 1. The van der Waals surface area contributed by atoms with Crippen molar-refractivity contribution in [2.24, 2.45) is 5.92 Å². The Morgan fingerprint density at radius 1 is 1.44 bits per heavy atom. The first kappa shape index (κ1) is 14.8. The zero-order chi connectivity index (χ0) is 13.5. The van der Waals surface area contributed by atoms with Gasteiger partial charge >= 0.3 is 6.03 Å². The number of nitrogens with one attached hydrogen (secondary N) is 2. The normalized spacial score (nSPS) is 13.8. The third kappa shape index (κ3) is 5.89. The first-order valence-electron chi connectivity index (χ1n) is 5.96. The molecule has 5 heteroatoms. The molecule has 0 radical (unpaired) electrons. The van der Waals surface area contributed by atoms with E-state index in [0.29, 0.717) is 23.7 Å². The van der Waals surface area contributed by atoms with Crippen LogP contribution in [0.5, 0.6) is 0 Å². The number of amides is 2. The Balaban J connectivity index is 2.34. The molecule has 0 fully saturated rings. The quantitative estimate of drug-likeness (QED) is 0.770. The van der Waals surface area contributed by atoms with Crippen molar-refractivity contribution in [3.8, 4) is 0 Å². The lowest BCUT2D eigenvalue weighted by molar-refractivity contribution is 0.163. The summed E-state index contributed by atoms with van der Waals surface area (Å²) in [4.78, 5) is 11.6. The van der Waals surface area contributed by atoms with Crippen molar-refractivity contribution < 1.29 is 9.90 Å². The highest BCUT2D eigenvalue weighted by Gasteiger charge is 2.08. The van der Waals surface area contributed by atoms with Crippen LogP contribution in [0, 0.1) is 5.92 Å². The molecule has 1 rings (SSSR count). The third-order valence-corrected chi connectivity index (χ3v) is 2.67. The van der Waals surface area contributed by atoms with Crippen molar-refractivity contribution in [2.75, 3.05) is 11.9 Å². The number of aliphatic hydroxyl groups is 1. The van der Waals surface area contributed by atoms with Crippen LogP contribution < -0.4 is 10.6 Å². The molecule has 2 amide bonds. The molecule has 1 aromatic carbocycles. The summed E-state index contributed by atoms with van der Waals surface area (Å²) in [6.45, 7) is 4.24. The van der Waals surface area contributed by atoms with Crippen LogP contribution in [-0.4, -0.2) is 23.8 Å². The van der Waals surface area contributed by atoms with Crippen LogP contribution in [-0.2, 0) is 0 Å². The van der Waals surface area contributed by atoms with Gasteiger partial charge in [0.05, 0.1) is 6.10 Å². The van der Waals surface area contributed by atoms with Crippen LogP contribution >= 0.6 is 11.6 Å². The molecule has 0 spiro atoms. The lowest BCUT2D eigenvalue weighted by atomic mass is 10.1. The van der Waals surface area contributed by atoms with Gasteiger partial charge in [0.1, 0.15) is 0 Å². The van der Waals surface area contributed by atoms with E-state index in [2.05, 4.69) is 10.6 Å². The molecule has 1 aromatic rings. The van der Waals surface area contributed by atoms with Gasteiger partial charge in [0.2, 0.25) is 0 Å². The molecule has 100 valence electrons. The minimum atomic E-state index is -0.349. The number of carbonyl (C=O) groups is 1. The molecule has 0 saturated heterocycles. The SMILES string of the molecule is CC(O)CC(C)CNC(=O)Nc1cccc(Cl)c1. The first-order chi connectivity index (χ1) is 8.47. The van der Waals surface area contributed by atoms with Gasteiger partial charge in [0.25, 0.3) is 0 Å². The number of hydrogen-bond donors (Lipinski definition) is 3. The molecule has 0 aliphatic carbocycles. The summed E-state index contributed by atoms with van der Waals surface area (Å²) >= 11 is 5.81. The van der Waals surface area contributed by atoms with Crippen molar-refractivity contribution >= 4 is 23.3 Å². The number of halogens is 1. The van der Waals surface area contributed by atoms with E-state index >= 15 is 0 Å². The van der Waals surface area contributed by atoms with Crippen LogP contribution in [0.4, 0.5) is 10.5 Å². The van der Waals surface area contributed by atoms with E-state index in [4.69, 9.17) is 11.6 Å². The van der Waals surface area contributed by atoms with Gasteiger partial charge < -0.3 is 15.7 Å². The molecule has 4 nitrogen and oxygen atoms in total. The monoisotopic (exact) mass is 270 g/mol. The molecule has 0 aliphatic heterocycles. The van der Waals surface area contributed by atoms with Crippen molar-refractivity contribution in [3.63, 3.8) is 0 Å². The second-order valence-corrected chi connectivity index (χ2v) is 4.97. The van der Waals surface area contributed by atoms with Crippen molar-refractivity contribution in [3.05, 3.63) is 29.3 Å². The first-order valence-corrected chi connectivity index (χ1v) is 6.33. The fourth-order valence-electron chi connectivity index (χ4n) is 1.67. The van der Waals surface area contributed by atoms with E-state index in [0.717, 1.165) is 0 Å². The lowest BCUT2D eigenvalue weighted by Crippen LogP contribution is -2.33. The average Bonchev–Trinajstić information content (AvgIpc) is 2.25. The minimum absolute atomic E-state index is 0.232. The lowest BCUT2D eigenvalue weighted by Gasteiger charge is -2.14. The Morgan fingerprint density at radius 3 is 2.78 bits per heavy atom. The van der Waals surface area contributed by atoms with E-state index in [1.165, 1.54) is 0 Å². The number of rotatable bonds is 5. The van der Waals surface area contributed by atoms with Crippen LogP contribution in [0.15, 0.2) is 24.3 Å². The van der Waals surface area contributed by atoms with Gasteiger partial charge in [-0.15, -0.1) is 0 Å². The number of hydrogen-bond acceptors (Lipinski definition) is 2. The summed E-state index contributed by atoms with van der Waals surface area (Å²) in [6, 6.07) is 6.70. The molecule has 0 bridgehead atoms. The topological polar surface area (TPSA) is 61.4 Å². The fraction of sp³-hybridized carbons (Fsp3) is 0.462. The fourth-order valence-corrected chi connectivity index (χ4v) is 1.86. The molecule has 18 heavy (non-hydrogen) atoms. The molecule has 0 aromatic heterocycles. The van der Waals surface area contributed by atoms with E-state index in [1.54, 1.807) is 31.2 Å². The van der Waals surface area contributed by atoms with E-state index in [-0.39, 0.29) is 18.1 Å². The molecular weight excluding hydrogens is 252 g/mol. The minimum Gasteiger partial charge on any atom is -0.393 e. The smallest absolute Gasteiger partial charge is 0.319 e. The predicted octanol–water partition coefficient (Wildman–Crippen LogP) is 2.87. The Kier molecular flexibility index (Phi) is 5.95. The van der Waals surface area contributed by atoms with Gasteiger partial charge in [-0.3, -0.25) is 0 Å². The van der Waals surface area contributed by atoms with Gasteiger partial charge in [0.15, 0.2) is 0 Å². The van der Waals surface area contributed by atoms with Crippen molar-refractivity contribution in [2.45, 2.75) is 26.4 Å². The standard InChI is InChI=1S/C13H19ClN2O2/c1-9(6-10(2)17)8-15-13(18)16-12-5-3-4-11(14)7-12/h3-5,7,9-10,17H,6,8H2,1-2H3,(H2,15,16,18). The Morgan fingerprint density at radius 2 is 2.17 bits per heavy atom. The highest BCUT2D eigenvalue weighted by Crippen LogP contribution is 2.14. The summed E-state index contributed by atoms with van der Waals surface area (Å²) < 4.78 is 0. The Hall–Kier alpha value is -1.26. The van der Waals surface area contributed by atoms with E-state index in [1.807, 2.05) is 6.92 Å². The van der Waals surface area contributed by atoms with Crippen LogP contribution in [0.3, 0.4) is 0 Å². The molecule has 0 aliphatic rings. The number of anilines is 1. The highest BCUT2D eigenvalue weighted by molar-refractivity contribution is 6.30. The average molecular weight is 271 g/mol. The summed E-state index contributed by atoms with van der Waals surface area (Å²) in [5, 5.41) is 15.2. The number of benzene rings is 1. The molecule has 2 unspecified atom stereocenters. The molecule has 2 atom stereocenters. The van der Waals surface area contributed by atoms with Crippen molar-refractivity contribution in [1.29, 1.82) is 0 Å². The zero-order valence-corrected chi connectivity index (χ0v) is 11.4. The third-order valence-electron chi connectivity index (χ3n) is 2.44. The van der Waals surface area contributed by atoms with Gasteiger partial charge in [-0.2, -0.15) is 0 Å². The second-order valence-electron chi connectivity index (χ2n) is 4.54. The second kappa shape index (κ2) is 7.24. The largest absolute Gasteiger partial charge is 0.393 e. The van der Waals surface area contributed by atoms with Crippen molar-refractivity contribution in [1.82, 2.24) is 5.32 Å². The van der Waals surface area contributed by atoms with Crippen LogP contribution in [0.25, 0.3) is 0 Å². The maximum Gasteiger partial charge on any atom is 0.319 e. The summed E-state index contributed by atoms with van der Waals surface area (Å²) in [5.74, 6) is 0.232. The number of aliphatic hydroxyl groups excluding tert-OH is 1. The van der Waals surface area contributed by atoms with Gasteiger partial charge in [-0.1, -0.05) is 24.6 Å².